The number of anilines is 1. The molecule has 0 spiro atoms. The van der Waals surface area contributed by atoms with Crippen LogP contribution in [0.15, 0.2) is 36.5 Å². The van der Waals surface area contributed by atoms with Crippen LogP contribution in [-0.2, 0) is 0 Å². The van der Waals surface area contributed by atoms with Gasteiger partial charge in [-0.15, -0.1) is 0 Å². The Morgan fingerprint density at radius 3 is 2.67 bits per heavy atom. The zero-order valence-electron chi connectivity index (χ0n) is 14.2. The molecular formula is C20H23N3O. The molecule has 2 fully saturated rings. The average Bonchev–Trinajstić information content (AvgIpc) is 2.58. The maximum absolute atomic E-state index is 12.6. The summed E-state index contributed by atoms with van der Waals surface area (Å²) in [7, 11) is 0. The lowest BCUT2D eigenvalue weighted by Gasteiger charge is -2.52. The Morgan fingerprint density at radius 2 is 1.96 bits per heavy atom. The molecule has 0 radical (unpaired) electrons. The number of benzene rings is 1. The van der Waals surface area contributed by atoms with Crippen molar-refractivity contribution >= 4 is 11.7 Å². The number of aryl methyl sites for hydroxylation is 2. The number of nitrogens with zero attached hydrogens (tertiary/aromatic N) is 2. The fourth-order valence-corrected chi connectivity index (χ4v) is 4.08. The van der Waals surface area contributed by atoms with Crippen LogP contribution in [0.4, 0.5) is 10.5 Å². The number of fused-ring (bicyclic) bond motifs is 2. The molecule has 1 aromatic heterocycles. The monoisotopic (exact) mass is 321 g/mol. The lowest BCUT2D eigenvalue weighted by molar-refractivity contribution is 0.0173. The molecule has 4 nitrogen and oxygen atoms in total. The van der Waals surface area contributed by atoms with Crippen LogP contribution in [0.25, 0.3) is 11.1 Å². The SMILES string of the molecule is Cc1ccc(NC(=O)N2C3CCCC2C3)cc1-c1cccnc1C. The summed E-state index contributed by atoms with van der Waals surface area (Å²) in [5, 5.41) is 3.10. The predicted molar refractivity (Wildman–Crippen MR) is 96.0 cm³/mol. The van der Waals surface area contributed by atoms with Crippen LogP contribution < -0.4 is 5.32 Å². The first-order valence-corrected chi connectivity index (χ1v) is 8.75. The summed E-state index contributed by atoms with van der Waals surface area (Å²) in [6, 6.07) is 11.1. The van der Waals surface area contributed by atoms with Crippen molar-refractivity contribution in [1.29, 1.82) is 0 Å². The smallest absolute Gasteiger partial charge is 0.318 e. The normalized spacial score (nSPS) is 22.0. The minimum Gasteiger partial charge on any atom is -0.318 e. The van der Waals surface area contributed by atoms with E-state index in [0.717, 1.165) is 35.3 Å². The maximum atomic E-state index is 12.6. The molecule has 0 saturated carbocycles. The van der Waals surface area contributed by atoms with E-state index in [1.165, 1.54) is 18.4 Å². The molecule has 0 aliphatic carbocycles. The number of urea groups is 1. The molecule has 2 unspecified atom stereocenters. The molecule has 1 aromatic carbocycles. The van der Waals surface area contributed by atoms with Crippen molar-refractivity contribution in [2.75, 3.05) is 5.32 Å². The molecule has 4 heteroatoms. The molecule has 2 aromatic rings. The molecule has 24 heavy (non-hydrogen) atoms. The summed E-state index contributed by atoms with van der Waals surface area (Å²) in [5.41, 5.74) is 5.29. The van der Waals surface area contributed by atoms with Crippen molar-refractivity contribution in [3.05, 3.63) is 47.8 Å². The highest BCUT2D eigenvalue weighted by molar-refractivity contribution is 5.91. The van der Waals surface area contributed by atoms with Crippen molar-refractivity contribution < 1.29 is 4.79 Å². The van der Waals surface area contributed by atoms with Gasteiger partial charge in [-0.25, -0.2) is 4.79 Å². The van der Waals surface area contributed by atoms with E-state index in [-0.39, 0.29) is 6.03 Å². The van der Waals surface area contributed by atoms with Crippen LogP contribution in [-0.4, -0.2) is 28.0 Å². The molecule has 3 heterocycles. The standard InChI is InChI=1S/C20H23N3O/c1-13-8-9-15(11-19(13)18-7-4-10-21-14(18)2)22-20(24)23-16-5-3-6-17(23)12-16/h4,7-11,16-17H,3,5-6,12H2,1-2H3,(H,22,24). The Balaban J connectivity index is 1.57. The number of aromatic nitrogens is 1. The summed E-state index contributed by atoms with van der Waals surface area (Å²) in [6.45, 7) is 4.11. The molecular weight excluding hydrogens is 298 g/mol. The summed E-state index contributed by atoms with van der Waals surface area (Å²) >= 11 is 0. The van der Waals surface area contributed by atoms with Crippen LogP contribution in [0.2, 0.25) is 0 Å². The first-order chi connectivity index (χ1) is 11.6. The molecule has 2 bridgehead atoms. The first-order valence-electron chi connectivity index (χ1n) is 8.75. The van der Waals surface area contributed by atoms with Crippen LogP contribution >= 0.6 is 0 Å². The lowest BCUT2D eigenvalue weighted by Crippen LogP contribution is -2.62. The second-order valence-electron chi connectivity index (χ2n) is 6.98. The Labute approximate surface area is 142 Å². The van der Waals surface area contributed by atoms with Gasteiger partial charge in [0.15, 0.2) is 0 Å². The predicted octanol–water partition coefficient (Wildman–Crippen LogP) is 4.52. The van der Waals surface area contributed by atoms with Crippen LogP contribution in [0.1, 0.15) is 36.9 Å². The third kappa shape index (κ3) is 2.56. The number of nitrogens with one attached hydrogen (secondary N) is 1. The highest BCUT2D eigenvalue weighted by atomic mass is 16.2. The minimum absolute atomic E-state index is 0.0497. The van der Waals surface area contributed by atoms with Crippen molar-refractivity contribution in [3.8, 4) is 11.1 Å². The lowest BCUT2D eigenvalue weighted by atomic mass is 9.80. The Morgan fingerprint density at radius 1 is 1.17 bits per heavy atom. The van der Waals surface area contributed by atoms with Gasteiger partial charge in [0.05, 0.1) is 0 Å². The fourth-order valence-electron chi connectivity index (χ4n) is 4.08. The topological polar surface area (TPSA) is 45.2 Å². The van der Waals surface area contributed by atoms with Crippen molar-refractivity contribution in [3.63, 3.8) is 0 Å². The second kappa shape index (κ2) is 5.93. The summed E-state index contributed by atoms with van der Waals surface area (Å²) in [4.78, 5) is 19.0. The number of rotatable bonds is 2. The molecule has 1 N–H and O–H groups in total. The van der Waals surface area contributed by atoms with E-state index in [1.54, 1.807) is 0 Å². The number of carbonyl (C=O) groups excluding carboxylic acids is 1. The number of amides is 2. The molecule has 2 atom stereocenters. The van der Waals surface area contributed by atoms with E-state index in [2.05, 4.69) is 35.4 Å². The second-order valence-corrected chi connectivity index (χ2v) is 6.98. The van der Waals surface area contributed by atoms with Gasteiger partial charge in [0.25, 0.3) is 0 Å². The molecule has 2 aliphatic rings. The van der Waals surface area contributed by atoms with Gasteiger partial charge >= 0.3 is 6.03 Å². The number of hydrogen-bond donors (Lipinski definition) is 1. The molecule has 124 valence electrons. The molecule has 2 saturated heterocycles. The summed E-state index contributed by atoms with van der Waals surface area (Å²) in [5.74, 6) is 0. The molecule has 4 rings (SSSR count). The third-order valence-electron chi connectivity index (χ3n) is 5.43. The highest BCUT2D eigenvalue weighted by Crippen LogP contribution is 2.38. The summed E-state index contributed by atoms with van der Waals surface area (Å²) < 4.78 is 0. The number of hydrogen-bond acceptors (Lipinski definition) is 2. The Bertz CT molecular complexity index is 772. The summed E-state index contributed by atoms with van der Waals surface area (Å²) in [6.07, 6.45) is 6.55. The van der Waals surface area contributed by atoms with Gasteiger partial charge < -0.3 is 10.2 Å². The van der Waals surface area contributed by atoms with Crippen molar-refractivity contribution in [2.24, 2.45) is 0 Å². The third-order valence-corrected chi connectivity index (χ3v) is 5.43. The quantitative estimate of drug-likeness (QED) is 0.883. The zero-order chi connectivity index (χ0) is 16.7. The van der Waals surface area contributed by atoms with Crippen LogP contribution in [0.5, 0.6) is 0 Å². The van der Waals surface area contributed by atoms with Gasteiger partial charge in [-0.05, 0) is 68.9 Å². The van der Waals surface area contributed by atoms with Gasteiger partial charge in [0, 0.05) is 35.2 Å². The van der Waals surface area contributed by atoms with E-state index in [0.29, 0.717) is 12.1 Å². The maximum Gasteiger partial charge on any atom is 0.322 e. The largest absolute Gasteiger partial charge is 0.322 e. The van der Waals surface area contributed by atoms with E-state index in [4.69, 9.17) is 0 Å². The van der Waals surface area contributed by atoms with Crippen LogP contribution in [0.3, 0.4) is 0 Å². The fraction of sp³-hybridized carbons (Fsp3) is 0.400. The van der Waals surface area contributed by atoms with Gasteiger partial charge in [0.2, 0.25) is 0 Å². The highest BCUT2D eigenvalue weighted by Gasteiger charge is 2.44. The zero-order valence-corrected chi connectivity index (χ0v) is 14.2. The van der Waals surface area contributed by atoms with Crippen molar-refractivity contribution in [2.45, 2.75) is 51.6 Å². The van der Waals surface area contributed by atoms with E-state index in [9.17, 15) is 4.79 Å². The van der Waals surface area contributed by atoms with Gasteiger partial charge in [-0.3, -0.25) is 4.98 Å². The Hall–Kier alpha value is -2.36. The van der Waals surface area contributed by atoms with E-state index in [1.807, 2.05) is 30.2 Å². The minimum atomic E-state index is 0.0497. The van der Waals surface area contributed by atoms with Crippen LogP contribution in [0, 0.1) is 13.8 Å². The van der Waals surface area contributed by atoms with E-state index < -0.39 is 0 Å². The van der Waals surface area contributed by atoms with Gasteiger partial charge in [-0.1, -0.05) is 12.1 Å². The van der Waals surface area contributed by atoms with Crippen molar-refractivity contribution in [1.82, 2.24) is 9.88 Å². The average molecular weight is 321 g/mol. The Kier molecular flexibility index (Phi) is 3.75. The molecule has 2 aliphatic heterocycles. The van der Waals surface area contributed by atoms with Gasteiger partial charge in [-0.2, -0.15) is 0 Å². The van der Waals surface area contributed by atoms with E-state index >= 15 is 0 Å². The molecule has 2 amide bonds. The van der Waals surface area contributed by atoms with Gasteiger partial charge in [0.1, 0.15) is 0 Å². The number of carbonyl (C=O) groups is 1. The number of pyridine rings is 1. The first kappa shape index (κ1) is 15.2. The number of piperidine rings is 1.